The minimum atomic E-state index is -0.824. The highest BCUT2D eigenvalue weighted by molar-refractivity contribution is 5.99. The van der Waals surface area contributed by atoms with Gasteiger partial charge in [0.05, 0.1) is 6.10 Å². The molecule has 0 unspecified atom stereocenters. The van der Waals surface area contributed by atoms with Gasteiger partial charge in [0.2, 0.25) is 5.91 Å². The molecule has 0 bridgehead atoms. The maximum absolute atomic E-state index is 13.5. The van der Waals surface area contributed by atoms with Gasteiger partial charge in [-0.05, 0) is 79.4 Å². The van der Waals surface area contributed by atoms with Crippen LogP contribution in [-0.2, 0) is 23.8 Å². The summed E-state index contributed by atoms with van der Waals surface area (Å²) in [5.74, 6) is -1.22. The summed E-state index contributed by atoms with van der Waals surface area (Å²) in [4.78, 5) is 52.1. The zero-order valence-electron chi connectivity index (χ0n) is 25.0. The third-order valence-corrected chi connectivity index (χ3v) is 6.01. The molecule has 1 aromatic rings. The Morgan fingerprint density at radius 1 is 0.976 bits per heavy atom. The number of nitrogens with zero attached hydrogens (tertiary/aromatic N) is 1. The number of nitrogens with one attached hydrogen (secondary N) is 3. The summed E-state index contributed by atoms with van der Waals surface area (Å²) in [5.41, 5.74) is 5.09. The fourth-order valence-corrected chi connectivity index (χ4v) is 4.13. The lowest BCUT2D eigenvalue weighted by Crippen LogP contribution is -2.51. The molecule has 0 aromatic heterocycles. The first-order valence-electron chi connectivity index (χ1n) is 13.9. The maximum Gasteiger partial charge on any atom is 0.407 e. The number of likely N-dealkylation sites (tertiary alicyclic amines) is 1. The molecule has 1 heterocycles. The number of carbonyl (C=O) groups is 4. The molecule has 3 amide bonds. The Hall–Kier alpha value is -3.67. The minimum Gasteiger partial charge on any atom is -0.458 e. The molecule has 0 aliphatic carbocycles. The van der Waals surface area contributed by atoms with Crippen LogP contribution in [0.2, 0.25) is 0 Å². The van der Waals surface area contributed by atoms with Crippen LogP contribution in [0.3, 0.4) is 0 Å². The van der Waals surface area contributed by atoms with E-state index in [0.717, 1.165) is 0 Å². The minimum absolute atomic E-state index is 0.110. The van der Waals surface area contributed by atoms with Crippen LogP contribution in [-0.4, -0.2) is 84.2 Å². The van der Waals surface area contributed by atoms with Crippen molar-refractivity contribution in [2.75, 3.05) is 26.2 Å². The van der Waals surface area contributed by atoms with E-state index in [9.17, 15) is 19.2 Å². The predicted molar refractivity (Wildman–Crippen MR) is 154 cm³/mol. The van der Waals surface area contributed by atoms with Gasteiger partial charge in [-0.1, -0.05) is 12.1 Å². The number of carbonyl (C=O) groups excluding carboxylic acids is 4. The lowest BCUT2D eigenvalue weighted by Gasteiger charge is -2.34. The molecule has 1 aliphatic heterocycles. The van der Waals surface area contributed by atoms with Crippen LogP contribution in [0, 0.1) is 5.41 Å². The number of amidine groups is 1. The van der Waals surface area contributed by atoms with E-state index >= 15 is 0 Å². The molecule has 0 spiro atoms. The molecule has 228 valence electrons. The molecule has 1 saturated heterocycles. The van der Waals surface area contributed by atoms with Crippen molar-refractivity contribution < 1.29 is 33.4 Å². The fourth-order valence-electron chi connectivity index (χ4n) is 4.13. The number of benzene rings is 1. The van der Waals surface area contributed by atoms with Crippen molar-refractivity contribution in [3.63, 3.8) is 0 Å². The van der Waals surface area contributed by atoms with Crippen LogP contribution in [0.15, 0.2) is 24.3 Å². The van der Waals surface area contributed by atoms with Crippen molar-refractivity contribution in [1.29, 1.82) is 5.41 Å². The largest absolute Gasteiger partial charge is 0.458 e. The number of ether oxygens (including phenoxy) is 3. The van der Waals surface area contributed by atoms with Crippen LogP contribution < -0.4 is 16.4 Å². The Bertz CT molecular complexity index is 1070. The van der Waals surface area contributed by atoms with E-state index in [1.807, 2.05) is 0 Å². The lowest BCUT2D eigenvalue weighted by molar-refractivity contribution is -0.163. The van der Waals surface area contributed by atoms with Crippen molar-refractivity contribution >= 4 is 29.7 Å². The van der Waals surface area contributed by atoms with E-state index in [2.05, 4.69) is 10.6 Å². The van der Waals surface area contributed by atoms with Crippen LogP contribution in [0.1, 0.15) is 83.1 Å². The molecule has 12 nitrogen and oxygen atoms in total. The Balaban J connectivity index is 1.98. The number of hydrogen-bond donors (Lipinski definition) is 4. The average molecular weight is 576 g/mol. The van der Waals surface area contributed by atoms with Crippen molar-refractivity contribution in [2.24, 2.45) is 5.73 Å². The molecule has 5 N–H and O–H groups in total. The van der Waals surface area contributed by atoms with Gasteiger partial charge in [-0.2, -0.15) is 0 Å². The number of amides is 3. The van der Waals surface area contributed by atoms with Gasteiger partial charge in [0.1, 0.15) is 29.7 Å². The van der Waals surface area contributed by atoms with E-state index < -0.39 is 35.2 Å². The van der Waals surface area contributed by atoms with Gasteiger partial charge >= 0.3 is 12.1 Å². The van der Waals surface area contributed by atoms with Gasteiger partial charge in [-0.3, -0.25) is 15.0 Å². The summed E-state index contributed by atoms with van der Waals surface area (Å²) < 4.78 is 16.2. The molecule has 1 atom stereocenters. The second-order valence-electron chi connectivity index (χ2n) is 12.0. The summed E-state index contributed by atoms with van der Waals surface area (Å²) in [7, 11) is 0. The van der Waals surface area contributed by atoms with Crippen molar-refractivity contribution in [3.05, 3.63) is 35.4 Å². The smallest absolute Gasteiger partial charge is 0.407 e. The van der Waals surface area contributed by atoms with Gasteiger partial charge in [-0.25, -0.2) is 9.59 Å². The molecule has 2 rings (SSSR count). The van der Waals surface area contributed by atoms with E-state index in [0.29, 0.717) is 49.9 Å². The first-order chi connectivity index (χ1) is 19.0. The van der Waals surface area contributed by atoms with Crippen molar-refractivity contribution in [2.45, 2.75) is 90.6 Å². The molecule has 0 saturated carbocycles. The normalized spacial score (nSPS) is 15.0. The van der Waals surface area contributed by atoms with E-state index in [1.54, 1.807) is 70.7 Å². The monoisotopic (exact) mass is 575 g/mol. The summed E-state index contributed by atoms with van der Waals surface area (Å²) in [6.07, 6.45) is 1.07. The topological polar surface area (TPSA) is 173 Å². The summed E-state index contributed by atoms with van der Waals surface area (Å²) in [6, 6.07) is 5.41. The Morgan fingerprint density at radius 3 is 2.07 bits per heavy atom. The highest BCUT2D eigenvalue weighted by Gasteiger charge is 2.30. The third kappa shape index (κ3) is 12.6. The van der Waals surface area contributed by atoms with Gasteiger partial charge < -0.3 is 35.5 Å². The SMILES string of the molecule is CC(C)(C)OC(=O)COC1CCN(C(=O)[C@@H](CCCNC(=O)OC(C)(C)C)NC(=O)c2ccc(C(=N)N)cc2)CC1. The van der Waals surface area contributed by atoms with E-state index in [4.69, 9.17) is 25.4 Å². The van der Waals surface area contributed by atoms with Gasteiger partial charge in [0.25, 0.3) is 5.91 Å². The third-order valence-electron chi connectivity index (χ3n) is 6.01. The molecule has 1 aromatic carbocycles. The number of nitrogen functional groups attached to an aromatic ring is 1. The lowest BCUT2D eigenvalue weighted by atomic mass is 10.0. The summed E-state index contributed by atoms with van der Waals surface area (Å²) in [6.45, 7) is 11.6. The van der Waals surface area contributed by atoms with Crippen LogP contribution in [0.25, 0.3) is 0 Å². The van der Waals surface area contributed by atoms with E-state index in [1.165, 1.54) is 0 Å². The van der Waals surface area contributed by atoms with Gasteiger partial charge in [0.15, 0.2) is 0 Å². The second kappa shape index (κ2) is 14.8. The van der Waals surface area contributed by atoms with Gasteiger partial charge in [0, 0.05) is 30.8 Å². The maximum atomic E-state index is 13.5. The summed E-state index contributed by atoms with van der Waals surface area (Å²) >= 11 is 0. The number of rotatable bonds is 11. The predicted octanol–water partition coefficient (Wildman–Crippen LogP) is 2.72. The van der Waals surface area contributed by atoms with E-state index in [-0.39, 0.29) is 31.0 Å². The standard InChI is InChI=1S/C29H45N5O7/c1-28(2,3)40-23(35)18-39-21-13-16-34(17-14-21)26(37)22(8-7-15-32-27(38)41-29(4,5)6)33-25(36)20-11-9-19(10-12-20)24(30)31/h9-12,21-22H,7-8,13-18H2,1-6H3,(H3,30,31)(H,32,38)(H,33,36)/t22-/m1/s1. The molecule has 12 heteroatoms. The molecule has 0 radical (unpaired) electrons. The number of piperidine rings is 1. The fraction of sp³-hybridized carbons (Fsp3) is 0.621. The molecule has 1 aliphatic rings. The number of alkyl carbamates (subject to hydrolysis) is 1. The first kappa shape index (κ1) is 33.5. The Morgan fingerprint density at radius 2 is 1.54 bits per heavy atom. The number of esters is 1. The van der Waals surface area contributed by atoms with Gasteiger partial charge in [-0.15, -0.1) is 0 Å². The summed E-state index contributed by atoms with van der Waals surface area (Å²) in [5, 5.41) is 13.0. The molecule has 1 fully saturated rings. The second-order valence-corrected chi connectivity index (χ2v) is 12.0. The molecule has 41 heavy (non-hydrogen) atoms. The van der Waals surface area contributed by atoms with Crippen molar-refractivity contribution in [1.82, 2.24) is 15.5 Å². The number of nitrogens with two attached hydrogens (primary N) is 1. The zero-order chi connectivity index (χ0) is 30.8. The van der Waals surface area contributed by atoms with Crippen LogP contribution >= 0.6 is 0 Å². The quantitative estimate of drug-likeness (QED) is 0.135. The molecular formula is C29H45N5O7. The highest BCUT2D eigenvalue weighted by atomic mass is 16.6. The zero-order valence-corrected chi connectivity index (χ0v) is 25.0. The number of hydrogen-bond acceptors (Lipinski definition) is 8. The average Bonchev–Trinajstić information content (AvgIpc) is 2.87. The van der Waals surface area contributed by atoms with Crippen LogP contribution in [0.5, 0.6) is 0 Å². The van der Waals surface area contributed by atoms with Crippen molar-refractivity contribution in [3.8, 4) is 0 Å². The Kier molecular flexibility index (Phi) is 12.1. The highest BCUT2D eigenvalue weighted by Crippen LogP contribution is 2.17. The Labute approximate surface area is 242 Å². The first-order valence-corrected chi connectivity index (χ1v) is 13.9. The molecular weight excluding hydrogens is 530 g/mol. The van der Waals surface area contributed by atoms with Crippen LogP contribution in [0.4, 0.5) is 4.79 Å².